The maximum atomic E-state index is 10.7. The molecule has 0 rings (SSSR count). The molecule has 4 nitrogen and oxygen atoms in total. The van der Waals surface area contributed by atoms with Gasteiger partial charge in [0.1, 0.15) is 0 Å². The number of rotatable bonds is 6. The molecule has 0 saturated heterocycles. The van der Waals surface area contributed by atoms with Crippen molar-refractivity contribution in [1.29, 1.82) is 0 Å². The van der Waals surface area contributed by atoms with Crippen molar-refractivity contribution < 1.29 is 16.6 Å². The van der Waals surface area contributed by atoms with Crippen molar-refractivity contribution in [1.82, 2.24) is 0 Å². The predicted octanol–water partition coefficient (Wildman–Crippen LogP) is 1.54. The van der Waals surface area contributed by atoms with Crippen LogP contribution in [0.2, 0.25) is 0 Å². The van der Waals surface area contributed by atoms with Gasteiger partial charge in [0.15, 0.2) is 0 Å². The Morgan fingerprint density at radius 2 is 1.20 bits per heavy atom. The summed E-state index contributed by atoms with van der Waals surface area (Å²) in [5, 5.41) is 0. The molecule has 0 bridgehead atoms. The number of hydrogen-bond donors (Lipinski definition) is 0. The third-order valence-corrected chi connectivity index (χ3v) is 3.24. The van der Waals surface area contributed by atoms with Crippen LogP contribution in [0.1, 0.15) is 27.7 Å². The van der Waals surface area contributed by atoms with Gasteiger partial charge in [0.2, 0.25) is 0 Å². The molecule has 0 aromatic carbocycles. The summed E-state index contributed by atoms with van der Waals surface area (Å²) in [6, 6.07) is 0. The molecular formula is C10H14GaO4. The van der Waals surface area contributed by atoms with E-state index in [1.807, 2.05) is 0 Å². The Kier molecular flexibility index (Phi) is 6.90. The van der Waals surface area contributed by atoms with Gasteiger partial charge < -0.3 is 0 Å². The SMILES string of the molecule is CC(=O)/C=C(/C)[O][Ga][O]/C(C)=C\C(C)=O. The average molecular weight is 268 g/mol. The topological polar surface area (TPSA) is 52.6 Å². The molecule has 0 unspecified atom stereocenters. The summed E-state index contributed by atoms with van der Waals surface area (Å²) in [5.41, 5.74) is 0. The second kappa shape index (κ2) is 7.36. The van der Waals surface area contributed by atoms with Gasteiger partial charge in [0.25, 0.3) is 0 Å². The van der Waals surface area contributed by atoms with E-state index in [9.17, 15) is 9.59 Å². The summed E-state index contributed by atoms with van der Waals surface area (Å²) in [6.07, 6.45) is 2.81. The van der Waals surface area contributed by atoms with E-state index in [1.54, 1.807) is 13.8 Å². The van der Waals surface area contributed by atoms with Crippen LogP contribution in [0.15, 0.2) is 23.7 Å². The molecule has 0 aromatic heterocycles. The molecule has 0 heterocycles. The molecule has 0 amide bonds. The van der Waals surface area contributed by atoms with Crippen LogP contribution in [0, 0.1) is 0 Å². The van der Waals surface area contributed by atoms with Crippen LogP contribution in [-0.2, 0) is 16.6 Å². The van der Waals surface area contributed by atoms with E-state index in [-0.39, 0.29) is 11.6 Å². The van der Waals surface area contributed by atoms with E-state index < -0.39 is 18.1 Å². The van der Waals surface area contributed by atoms with Gasteiger partial charge in [0, 0.05) is 0 Å². The number of carbonyl (C=O) groups excluding carboxylic acids is 2. The van der Waals surface area contributed by atoms with Crippen molar-refractivity contribution in [3.8, 4) is 0 Å². The Hall–Kier alpha value is -0.944. The number of carbonyl (C=O) groups is 2. The van der Waals surface area contributed by atoms with Crippen LogP contribution in [0.5, 0.6) is 0 Å². The molecule has 0 saturated carbocycles. The first-order chi connectivity index (χ1) is 6.91. The standard InChI is InChI=1S/2C5H8O2.Ga/c2*1-4(6)3-5(2)7;/h2*3,6H,1-2H3;/q;;+2/p-2/b2*4-3-;. The zero-order valence-electron chi connectivity index (χ0n) is 9.37. The molecule has 5 heteroatoms. The fourth-order valence-corrected chi connectivity index (χ4v) is 1.84. The summed E-state index contributed by atoms with van der Waals surface area (Å²) in [5.74, 6) is 0.997. The minimum atomic E-state index is -1.36. The Balaban J connectivity index is 3.90. The fraction of sp³-hybridized carbons (Fsp3) is 0.400. The van der Waals surface area contributed by atoms with Gasteiger partial charge in [-0.1, -0.05) is 0 Å². The molecular weight excluding hydrogens is 254 g/mol. The third-order valence-electron chi connectivity index (χ3n) is 1.28. The molecule has 0 aromatic rings. The van der Waals surface area contributed by atoms with E-state index in [2.05, 4.69) is 0 Å². The van der Waals surface area contributed by atoms with Crippen molar-refractivity contribution in [2.45, 2.75) is 27.7 Å². The Morgan fingerprint density at radius 3 is 1.47 bits per heavy atom. The van der Waals surface area contributed by atoms with Crippen LogP contribution in [0.4, 0.5) is 0 Å². The van der Waals surface area contributed by atoms with Gasteiger partial charge in [0.05, 0.1) is 0 Å². The number of hydrogen-bond acceptors (Lipinski definition) is 4. The van der Waals surface area contributed by atoms with E-state index in [1.165, 1.54) is 26.0 Å². The zero-order valence-corrected chi connectivity index (χ0v) is 11.8. The predicted molar refractivity (Wildman–Crippen MR) is 56.8 cm³/mol. The van der Waals surface area contributed by atoms with Crippen molar-refractivity contribution in [2.24, 2.45) is 0 Å². The van der Waals surface area contributed by atoms with Crippen molar-refractivity contribution in [3.63, 3.8) is 0 Å². The van der Waals surface area contributed by atoms with Crippen LogP contribution in [-0.4, -0.2) is 29.7 Å². The first-order valence-corrected chi connectivity index (χ1v) is 6.42. The Bertz CT molecular complexity index is 275. The van der Waals surface area contributed by atoms with Crippen LogP contribution < -0.4 is 0 Å². The summed E-state index contributed by atoms with van der Waals surface area (Å²) in [4.78, 5) is 21.3. The molecule has 0 aliphatic heterocycles. The van der Waals surface area contributed by atoms with Crippen molar-refractivity contribution in [2.75, 3.05) is 0 Å². The maximum absolute atomic E-state index is 10.7. The first-order valence-electron chi connectivity index (χ1n) is 4.44. The van der Waals surface area contributed by atoms with Crippen molar-refractivity contribution in [3.05, 3.63) is 23.7 Å². The minimum absolute atomic E-state index is 0.0551. The molecule has 0 spiro atoms. The normalized spacial score (nSPS) is 12.0. The molecule has 0 fully saturated rings. The van der Waals surface area contributed by atoms with Gasteiger partial charge in [-0.3, -0.25) is 0 Å². The number of allylic oxidation sites excluding steroid dienone is 4. The summed E-state index contributed by atoms with van der Waals surface area (Å²) >= 11 is -1.36. The Labute approximate surface area is 97.9 Å². The molecule has 0 aliphatic carbocycles. The first kappa shape index (κ1) is 14.1. The Morgan fingerprint density at radius 1 is 0.867 bits per heavy atom. The molecule has 1 radical (unpaired) electrons. The van der Waals surface area contributed by atoms with Crippen LogP contribution in [0.3, 0.4) is 0 Å². The summed E-state index contributed by atoms with van der Waals surface area (Å²) in [6.45, 7) is 6.31. The molecule has 81 valence electrons. The molecule has 0 aliphatic rings. The average Bonchev–Trinajstić information content (AvgIpc) is 2.00. The summed E-state index contributed by atoms with van der Waals surface area (Å²) < 4.78 is 10.5. The van der Waals surface area contributed by atoms with Gasteiger partial charge >= 0.3 is 97.7 Å². The van der Waals surface area contributed by atoms with E-state index in [0.29, 0.717) is 11.5 Å². The zero-order chi connectivity index (χ0) is 11.8. The molecule has 0 atom stereocenters. The van der Waals surface area contributed by atoms with Gasteiger partial charge in [-0.15, -0.1) is 0 Å². The second-order valence-electron chi connectivity index (χ2n) is 3.06. The van der Waals surface area contributed by atoms with E-state index >= 15 is 0 Å². The van der Waals surface area contributed by atoms with Gasteiger partial charge in [-0.05, 0) is 0 Å². The van der Waals surface area contributed by atoms with Gasteiger partial charge in [-0.25, -0.2) is 0 Å². The van der Waals surface area contributed by atoms with Crippen molar-refractivity contribution >= 4 is 29.7 Å². The van der Waals surface area contributed by atoms with E-state index in [0.717, 1.165) is 0 Å². The molecule has 0 N–H and O–H groups in total. The summed E-state index contributed by atoms with van der Waals surface area (Å²) in [7, 11) is 0. The van der Waals surface area contributed by atoms with Crippen LogP contribution >= 0.6 is 0 Å². The third kappa shape index (κ3) is 9.36. The van der Waals surface area contributed by atoms with Gasteiger partial charge in [-0.2, -0.15) is 0 Å². The second-order valence-corrected chi connectivity index (χ2v) is 4.46. The fourth-order valence-electron chi connectivity index (χ4n) is 0.816. The molecule has 15 heavy (non-hydrogen) atoms. The van der Waals surface area contributed by atoms with Crippen LogP contribution in [0.25, 0.3) is 0 Å². The monoisotopic (exact) mass is 267 g/mol. The van der Waals surface area contributed by atoms with E-state index in [4.69, 9.17) is 7.06 Å². The number of ketones is 2. The quantitative estimate of drug-likeness (QED) is 0.416.